The summed E-state index contributed by atoms with van der Waals surface area (Å²) in [7, 11) is 0. The number of rotatable bonds is 3. The molecule has 34 heavy (non-hydrogen) atoms. The molecule has 0 N–H and O–H groups in total. The van der Waals surface area contributed by atoms with E-state index in [4.69, 9.17) is 0 Å². The third-order valence-corrected chi connectivity index (χ3v) is 7.24. The van der Waals surface area contributed by atoms with Gasteiger partial charge in [-0.25, -0.2) is 0 Å². The Morgan fingerprint density at radius 2 is 1.24 bits per heavy atom. The Labute approximate surface area is 200 Å². The molecule has 0 radical (unpaired) electrons. The van der Waals surface area contributed by atoms with Crippen LogP contribution in [0.5, 0.6) is 0 Å². The summed E-state index contributed by atoms with van der Waals surface area (Å²) in [4.78, 5) is 0. The fraction of sp³-hybridized carbons (Fsp3) is 0.0588. The minimum Gasteiger partial charge on any atom is -0.0912 e. The lowest BCUT2D eigenvalue weighted by molar-refractivity contribution is 0.776. The molecule has 0 heterocycles. The lowest BCUT2D eigenvalue weighted by Crippen LogP contribution is -2.31. The first kappa shape index (κ1) is 20.4. The molecule has 0 aliphatic heterocycles. The average molecular weight is 435 g/mol. The largest absolute Gasteiger partial charge is 0.0912 e. The van der Waals surface area contributed by atoms with Crippen LogP contribution in [0.25, 0.3) is 34.6 Å². The van der Waals surface area contributed by atoms with Gasteiger partial charge in [-0.3, -0.25) is 0 Å². The molecule has 1 aliphatic carbocycles. The zero-order valence-corrected chi connectivity index (χ0v) is 19.3. The van der Waals surface area contributed by atoms with Gasteiger partial charge in [0.15, 0.2) is 0 Å². The fourth-order valence-corrected chi connectivity index (χ4v) is 5.70. The quantitative estimate of drug-likeness (QED) is 0.287. The van der Waals surface area contributed by atoms with Crippen molar-refractivity contribution in [2.45, 2.75) is 12.3 Å². The van der Waals surface area contributed by atoms with Gasteiger partial charge in [0, 0.05) is 0 Å². The lowest BCUT2D eigenvalue weighted by atomic mass is 9.66. The van der Waals surface area contributed by atoms with E-state index in [0.29, 0.717) is 0 Å². The van der Waals surface area contributed by atoms with Crippen molar-refractivity contribution >= 4 is 23.4 Å². The molecule has 0 bridgehead atoms. The zero-order valence-electron chi connectivity index (χ0n) is 19.3. The van der Waals surface area contributed by atoms with Crippen LogP contribution in [0.3, 0.4) is 0 Å². The maximum Gasteiger partial charge on any atom is 0.0710 e. The Morgan fingerprint density at radius 1 is 0.647 bits per heavy atom. The van der Waals surface area contributed by atoms with Gasteiger partial charge in [0.25, 0.3) is 0 Å². The van der Waals surface area contributed by atoms with E-state index in [-0.39, 0.29) is 0 Å². The predicted octanol–water partition coefficient (Wildman–Crippen LogP) is 6.99. The van der Waals surface area contributed by atoms with Gasteiger partial charge in [0.05, 0.1) is 5.41 Å². The number of hydrogen-bond donors (Lipinski definition) is 0. The third-order valence-electron chi connectivity index (χ3n) is 7.24. The second-order valence-corrected chi connectivity index (χ2v) is 8.99. The number of allylic oxidation sites excluding steroid dienone is 2. The fourth-order valence-electron chi connectivity index (χ4n) is 5.70. The van der Waals surface area contributed by atoms with Crippen molar-refractivity contribution in [2.75, 3.05) is 0 Å². The van der Waals surface area contributed by atoms with Crippen molar-refractivity contribution in [3.8, 4) is 11.1 Å². The summed E-state index contributed by atoms with van der Waals surface area (Å²) in [6, 6.07) is 41.7. The van der Waals surface area contributed by atoms with Crippen LogP contribution in [0.2, 0.25) is 0 Å². The van der Waals surface area contributed by atoms with Gasteiger partial charge >= 0.3 is 0 Å². The van der Waals surface area contributed by atoms with Crippen LogP contribution in [0.4, 0.5) is 0 Å². The first-order chi connectivity index (χ1) is 16.7. The normalized spacial score (nSPS) is 14.7. The Bertz CT molecular complexity index is 1640. The van der Waals surface area contributed by atoms with E-state index in [1.807, 2.05) is 6.07 Å². The predicted molar refractivity (Wildman–Crippen MR) is 145 cm³/mol. The van der Waals surface area contributed by atoms with Gasteiger partial charge in [0.2, 0.25) is 0 Å². The van der Waals surface area contributed by atoms with E-state index in [0.717, 1.165) is 10.4 Å². The van der Waals surface area contributed by atoms with Crippen LogP contribution in [0.1, 0.15) is 23.6 Å². The molecule has 0 spiro atoms. The molecule has 0 saturated heterocycles. The Hall–Kier alpha value is -4.16. The third kappa shape index (κ3) is 2.92. The maximum atomic E-state index is 4.30. The molecule has 5 aromatic rings. The van der Waals surface area contributed by atoms with E-state index in [1.54, 1.807) is 0 Å². The van der Waals surface area contributed by atoms with Crippen molar-refractivity contribution in [1.29, 1.82) is 0 Å². The minimum absolute atomic E-state index is 0.408. The molecule has 0 atom stereocenters. The molecule has 6 rings (SSSR count). The number of hydrogen-bond acceptors (Lipinski definition) is 0. The molecule has 1 aliphatic rings. The van der Waals surface area contributed by atoms with E-state index < -0.39 is 5.41 Å². The van der Waals surface area contributed by atoms with Gasteiger partial charge in [-0.05, 0) is 73.7 Å². The van der Waals surface area contributed by atoms with Crippen molar-refractivity contribution in [3.63, 3.8) is 0 Å². The smallest absolute Gasteiger partial charge is 0.0710 e. The Morgan fingerprint density at radius 3 is 1.91 bits per heavy atom. The second kappa shape index (κ2) is 8.01. The molecular formula is C34H26. The molecule has 0 aromatic heterocycles. The first-order valence-corrected chi connectivity index (χ1v) is 11.8. The van der Waals surface area contributed by atoms with Crippen molar-refractivity contribution in [1.82, 2.24) is 0 Å². The second-order valence-electron chi connectivity index (χ2n) is 8.99. The molecule has 162 valence electrons. The summed E-state index contributed by atoms with van der Waals surface area (Å²) < 4.78 is 0. The summed E-state index contributed by atoms with van der Waals surface area (Å²) in [6.45, 7) is 6.46. The summed E-state index contributed by atoms with van der Waals surface area (Å²) in [6.07, 6.45) is 4.61. The molecular weight excluding hydrogens is 408 g/mol. The zero-order chi connectivity index (χ0) is 23.1. The highest BCUT2D eigenvalue weighted by atomic mass is 14.5. The minimum atomic E-state index is -0.408. The van der Waals surface area contributed by atoms with E-state index in [2.05, 4.69) is 135 Å². The first-order valence-electron chi connectivity index (χ1n) is 11.8. The Balaban J connectivity index is 1.77. The molecule has 0 heteroatoms. The highest BCUT2D eigenvalue weighted by Crippen LogP contribution is 2.56. The molecule has 0 saturated carbocycles. The van der Waals surface area contributed by atoms with Gasteiger partial charge < -0.3 is 0 Å². The SMILES string of the molecule is C=c1cccc/c1=C/C(=C\C)C1(c2ccc3ccccc3c2)c2ccccc2-c2ccccc21. The van der Waals surface area contributed by atoms with Crippen molar-refractivity contribution in [2.24, 2.45) is 0 Å². The maximum absolute atomic E-state index is 4.30. The van der Waals surface area contributed by atoms with Gasteiger partial charge in [-0.15, -0.1) is 0 Å². The Kier molecular flexibility index (Phi) is 4.81. The topological polar surface area (TPSA) is 0 Å². The van der Waals surface area contributed by atoms with Crippen LogP contribution in [-0.4, -0.2) is 0 Å². The summed E-state index contributed by atoms with van der Waals surface area (Å²) in [5.41, 5.74) is 7.41. The van der Waals surface area contributed by atoms with Crippen LogP contribution < -0.4 is 10.4 Å². The van der Waals surface area contributed by atoms with Gasteiger partial charge in [-0.2, -0.15) is 0 Å². The highest BCUT2D eigenvalue weighted by molar-refractivity contribution is 5.90. The van der Waals surface area contributed by atoms with Crippen LogP contribution in [-0.2, 0) is 5.41 Å². The summed E-state index contributed by atoms with van der Waals surface area (Å²) in [5.74, 6) is 0. The van der Waals surface area contributed by atoms with Crippen LogP contribution in [0.15, 0.2) is 127 Å². The van der Waals surface area contributed by atoms with Gasteiger partial charge in [-0.1, -0.05) is 122 Å². The van der Waals surface area contributed by atoms with E-state index in [9.17, 15) is 0 Å². The van der Waals surface area contributed by atoms with E-state index in [1.165, 1.54) is 44.2 Å². The summed E-state index contributed by atoms with van der Waals surface area (Å²) in [5, 5.41) is 4.71. The van der Waals surface area contributed by atoms with E-state index >= 15 is 0 Å². The highest BCUT2D eigenvalue weighted by Gasteiger charge is 2.46. The lowest BCUT2D eigenvalue weighted by Gasteiger charge is -2.35. The molecule has 0 unspecified atom stereocenters. The molecule has 5 aromatic carbocycles. The van der Waals surface area contributed by atoms with Gasteiger partial charge in [0.1, 0.15) is 0 Å². The van der Waals surface area contributed by atoms with Crippen molar-refractivity contribution in [3.05, 3.63) is 154 Å². The molecule has 0 fully saturated rings. The summed E-state index contributed by atoms with van der Waals surface area (Å²) >= 11 is 0. The van der Waals surface area contributed by atoms with Crippen LogP contribution >= 0.6 is 0 Å². The average Bonchev–Trinajstić information content (AvgIpc) is 3.19. The molecule has 0 nitrogen and oxygen atoms in total. The number of fused-ring (bicyclic) bond motifs is 4. The van der Waals surface area contributed by atoms with Crippen LogP contribution in [0, 0.1) is 0 Å². The van der Waals surface area contributed by atoms with Crippen molar-refractivity contribution < 1.29 is 0 Å². The number of benzene rings is 5. The molecule has 0 amide bonds. The monoisotopic (exact) mass is 434 g/mol. The standard InChI is InChI=1S/C34H26/c1-3-28(22-26-14-5-4-12-24(26)2)34(29-21-20-25-13-6-7-15-27(25)23-29)32-18-10-8-16-30(32)31-17-9-11-19-33(31)34/h3-23H,2H2,1H3/b26-22-,28-3+.